The number of hydrogen-bond donors (Lipinski definition) is 0. The van der Waals surface area contributed by atoms with E-state index in [1.165, 1.54) is 17.0 Å². The van der Waals surface area contributed by atoms with Gasteiger partial charge < -0.3 is 9.64 Å². The minimum Gasteiger partial charge on any atom is -0.460 e. The van der Waals surface area contributed by atoms with Crippen LogP contribution in [0.4, 0.5) is 0 Å². The molecule has 0 aromatic heterocycles. The minimum atomic E-state index is -4.06. The van der Waals surface area contributed by atoms with E-state index in [0.717, 1.165) is 11.1 Å². The molecule has 160 valence electrons. The summed E-state index contributed by atoms with van der Waals surface area (Å²) < 4.78 is 32.5. The van der Waals surface area contributed by atoms with Crippen molar-refractivity contribution in [3.05, 3.63) is 65.7 Å². The smallest absolute Gasteiger partial charge is 0.327 e. The van der Waals surface area contributed by atoms with Crippen LogP contribution in [0.3, 0.4) is 0 Å². The Bertz CT molecular complexity index is 1000. The van der Waals surface area contributed by atoms with Crippen molar-refractivity contribution in [2.24, 2.45) is 0 Å². The highest BCUT2D eigenvalue weighted by Crippen LogP contribution is 2.31. The van der Waals surface area contributed by atoms with E-state index in [2.05, 4.69) is 0 Å². The number of hydrogen-bond acceptors (Lipinski definition) is 5. The van der Waals surface area contributed by atoms with Gasteiger partial charge in [0.05, 0.1) is 10.9 Å². The van der Waals surface area contributed by atoms with Crippen molar-refractivity contribution >= 4 is 21.7 Å². The minimum absolute atomic E-state index is 0.0259. The van der Waals surface area contributed by atoms with E-state index in [-0.39, 0.29) is 29.9 Å². The molecule has 0 N–H and O–H groups in total. The molecule has 3 rings (SSSR count). The molecular weight excluding hydrogens is 402 g/mol. The van der Waals surface area contributed by atoms with Gasteiger partial charge in [0.1, 0.15) is 6.61 Å². The Labute approximate surface area is 177 Å². The van der Waals surface area contributed by atoms with Crippen molar-refractivity contribution in [3.63, 3.8) is 0 Å². The molecule has 1 heterocycles. The Morgan fingerprint density at radius 1 is 1.10 bits per heavy atom. The van der Waals surface area contributed by atoms with Crippen LogP contribution >= 0.6 is 0 Å². The van der Waals surface area contributed by atoms with Gasteiger partial charge in [-0.25, -0.2) is 8.42 Å². The second-order valence-electron chi connectivity index (χ2n) is 7.87. The lowest BCUT2D eigenvalue weighted by Crippen LogP contribution is -2.51. The van der Waals surface area contributed by atoms with Crippen LogP contribution in [-0.2, 0) is 30.8 Å². The first kappa shape index (κ1) is 22.0. The number of esters is 1. The zero-order valence-corrected chi connectivity index (χ0v) is 18.3. The Balaban J connectivity index is 1.96. The largest absolute Gasteiger partial charge is 0.460 e. The third kappa shape index (κ3) is 4.56. The average molecular weight is 430 g/mol. The molecule has 7 heteroatoms. The molecule has 2 aromatic carbocycles. The lowest BCUT2D eigenvalue weighted by molar-refractivity contribution is -0.146. The van der Waals surface area contributed by atoms with Crippen molar-refractivity contribution in [2.75, 3.05) is 0 Å². The van der Waals surface area contributed by atoms with Crippen molar-refractivity contribution in [2.45, 2.75) is 62.4 Å². The summed E-state index contributed by atoms with van der Waals surface area (Å²) in [6, 6.07) is 14.5. The van der Waals surface area contributed by atoms with Gasteiger partial charge in [0.25, 0.3) is 0 Å². The molecule has 0 spiro atoms. The molecule has 2 unspecified atom stereocenters. The average Bonchev–Trinajstić information content (AvgIpc) is 3.08. The molecule has 2 atom stereocenters. The number of carbonyl (C=O) groups excluding carboxylic acids is 2. The molecule has 0 radical (unpaired) electrons. The second-order valence-corrected chi connectivity index (χ2v) is 9.94. The van der Waals surface area contributed by atoms with Gasteiger partial charge in [0.15, 0.2) is 15.1 Å². The van der Waals surface area contributed by atoms with Crippen molar-refractivity contribution in [1.82, 2.24) is 4.90 Å². The predicted octanol–water partition coefficient (Wildman–Crippen LogP) is 3.28. The highest BCUT2D eigenvalue weighted by Gasteiger charge is 2.49. The molecule has 1 aliphatic heterocycles. The van der Waals surface area contributed by atoms with Gasteiger partial charge in [-0.3, -0.25) is 9.59 Å². The van der Waals surface area contributed by atoms with Crippen LogP contribution in [0.1, 0.15) is 37.8 Å². The quantitative estimate of drug-likeness (QED) is 0.631. The lowest BCUT2D eigenvalue weighted by Gasteiger charge is -2.33. The van der Waals surface area contributed by atoms with Crippen LogP contribution in [0.25, 0.3) is 0 Å². The normalized spacial score (nSPS) is 17.9. The zero-order valence-electron chi connectivity index (χ0n) is 17.4. The number of ether oxygens (including phenoxy) is 1. The van der Waals surface area contributed by atoms with E-state index >= 15 is 0 Å². The third-order valence-corrected chi connectivity index (χ3v) is 7.45. The number of sulfone groups is 1. The fraction of sp³-hybridized carbons (Fsp3) is 0.391. The summed E-state index contributed by atoms with van der Waals surface area (Å²) in [6.07, 6.45) is 0.516. The molecule has 0 bridgehead atoms. The van der Waals surface area contributed by atoms with E-state index in [4.69, 9.17) is 4.74 Å². The van der Waals surface area contributed by atoms with Gasteiger partial charge in [-0.2, -0.15) is 0 Å². The number of aryl methyl sites for hydroxylation is 1. The first-order valence-corrected chi connectivity index (χ1v) is 11.6. The van der Waals surface area contributed by atoms with Crippen LogP contribution in [-0.4, -0.2) is 42.5 Å². The maximum Gasteiger partial charge on any atom is 0.327 e. The van der Waals surface area contributed by atoms with Crippen LogP contribution in [0, 0.1) is 6.92 Å². The Kier molecular flexibility index (Phi) is 6.61. The number of benzene rings is 2. The maximum absolute atomic E-state index is 13.5. The second kappa shape index (κ2) is 9.00. The maximum atomic E-state index is 13.5. The topological polar surface area (TPSA) is 80.7 Å². The standard InChI is InChI=1S/C23H27NO5S/c1-16(2)24-20(13-14-21(24)25)22(23(26)29-15-18-7-5-4-6-8-18)30(27,28)19-11-9-17(3)10-12-19/h4-12,16,20,22H,13-15H2,1-3H3. The molecule has 0 aliphatic carbocycles. The summed E-state index contributed by atoms with van der Waals surface area (Å²) in [6.45, 7) is 5.47. The van der Waals surface area contributed by atoms with Crippen LogP contribution in [0.2, 0.25) is 0 Å². The summed E-state index contributed by atoms with van der Waals surface area (Å²) >= 11 is 0. The molecule has 30 heavy (non-hydrogen) atoms. The fourth-order valence-electron chi connectivity index (χ4n) is 3.87. The lowest BCUT2D eigenvalue weighted by atomic mass is 10.1. The molecule has 1 fully saturated rings. The number of amides is 1. The highest BCUT2D eigenvalue weighted by molar-refractivity contribution is 7.92. The Hall–Kier alpha value is -2.67. The first-order valence-electron chi connectivity index (χ1n) is 10.0. The van der Waals surface area contributed by atoms with Gasteiger partial charge in [-0.15, -0.1) is 0 Å². The Morgan fingerprint density at radius 2 is 1.73 bits per heavy atom. The van der Waals surface area contributed by atoms with E-state index in [0.29, 0.717) is 6.42 Å². The number of carbonyl (C=O) groups is 2. The molecule has 6 nitrogen and oxygen atoms in total. The summed E-state index contributed by atoms with van der Waals surface area (Å²) in [5, 5.41) is -1.47. The van der Waals surface area contributed by atoms with E-state index < -0.39 is 27.1 Å². The van der Waals surface area contributed by atoms with E-state index in [1.54, 1.807) is 24.3 Å². The van der Waals surface area contributed by atoms with Crippen LogP contribution in [0.5, 0.6) is 0 Å². The predicted molar refractivity (Wildman–Crippen MR) is 113 cm³/mol. The first-order chi connectivity index (χ1) is 14.2. The molecule has 1 amide bonds. The van der Waals surface area contributed by atoms with Gasteiger partial charge >= 0.3 is 5.97 Å². The number of rotatable bonds is 7. The summed E-state index contributed by atoms with van der Waals surface area (Å²) in [7, 11) is -4.06. The van der Waals surface area contributed by atoms with Crippen LogP contribution < -0.4 is 0 Å². The fourth-order valence-corrected chi connectivity index (χ4v) is 5.68. The number of likely N-dealkylation sites (tertiary alicyclic amines) is 1. The van der Waals surface area contributed by atoms with Crippen molar-refractivity contribution < 1.29 is 22.7 Å². The molecule has 1 saturated heterocycles. The molecule has 0 saturated carbocycles. The third-order valence-electron chi connectivity index (χ3n) is 5.35. The SMILES string of the molecule is Cc1ccc(S(=O)(=O)C(C(=O)OCc2ccccc2)C2CCC(=O)N2C(C)C)cc1. The monoisotopic (exact) mass is 429 g/mol. The zero-order chi connectivity index (χ0) is 21.9. The Morgan fingerprint density at radius 3 is 2.33 bits per heavy atom. The number of nitrogens with zero attached hydrogens (tertiary/aromatic N) is 1. The summed E-state index contributed by atoms with van der Waals surface area (Å²) in [4.78, 5) is 27.1. The van der Waals surface area contributed by atoms with Gasteiger partial charge in [-0.1, -0.05) is 48.0 Å². The summed E-state index contributed by atoms with van der Waals surface area (Å²) in [5.74, 6) is -0.972. The van der Waals surface area contributed by atoms with Crippen LogP contribution in [0.15, 0.2) is 59.5 Å². The highest BCUT2D eigenvalue weighted by atomic mass is 32.2. The summed E-state index contributed by atoms with van der Waals surface area (Å²) in [5.41, 5.74) is 1.68. The van der Waals surface area contributed by atoms with Gasteiger partial charge in [0, 0.05) is 12.5 Å². The molecular formula is C23H27NO5S. The van der Waals surface area contributed by atoms with Gasteiger partial charge in [-0.05, 0) is 44.9 Å². The van der Waals surface area contributed by atoms with E-state index in [1.807, 2.05) is 39.0 Å². The van der Waals surface area contributed by atoms with Crippen molar-refractivity contribution in [3.8, 4) is 0 Å². The molecule has 1 aliphatic rings. The van der Waals surface area contributed by atoms with Gasteiger partial charge in [0.2, 0.25) is 5.91 Å². The molecule has 2 aromatic rings. The van der Waals surface area contributed by atoms with Crippen molar-refractivity contribution in [1.29, 1.82) is 0 Å². The van der Waals surface area contributed by atoms with E-state index in [9.17, 15) is 18.0 Å².